The molecular formula is C13H12N2O6S. The topological polar surface area (TPSA) is 121 Å². The summed E-state index contributed by atoms with van der Waals surface area (Å²) >= 11 is 0. The number of hydrogen-bond donors (Lipinski definition) is 2. The third-order valence-electron chi connectivity index (χ3n) is 3.92. The van der Waals surface area contributed by atoms with E-state index >= 15 is 0 Å². The van der Waals surface area contributed by atoms with Crippen molar-refractivity contribution in [3.63, 3.8) is 0 Å². The molecule has 0 saturated carbocycles. The van der Waals surface area contributed by atoms with Crippen molar-refractivity contribution in [3.05, 3.63) is 35.4 Å². The number of nitrogens with one attached hydrogen (secondary N) is 1. The number of rotatable bonds is 3. The van der Waals surface area contributed by atoms with E-state index in [0.29, 0.717) is 4.90 Å². The van der Waals surface area contributed by atoms with Gasteiger partial charge in [-0.2, -0.15) is 0 Å². The molecular weight excluding hydrogens is 312 g/mol. The van der Waals surface area contributed by atoms with Crippen LogP contribution in [-0.4, -0.2) is 59.9 Å². The van der Waals surface area contributed by atoms with Gasteiger partial charge in [-0.05, 0) is 12.1 Å². The highest BCUT2D eigenvalue weighted by molar-refractivity contribution is 7.93. The fraction of sp³-hybridized carbons (Fsp3) is 0.308. The second-order valence-corrected chi connectivity index (χ2v) is 7.45. The van der Waals surface area contributed by atoms with Gasteiger partial charge in [0.1, 0.15) is 0 Å². The summed E-state index contributed by atoms with van der Waals surface area (Å²) in [5.74, 6) is -3.36. The van der Waals surface area contributed by atoms with Crippen molar-refractivity contribution >= 4 is 27.6 Å². The largest absolute Gasteiger partial charge is 0.479 e. The molecule has 8 nitrogen and oxygen atoms in total. The maximum Gasteiger partial charge on any atom is 0.341 e. The number of carbonyl (C=O) groups excluding carboxylic acids is 2. The highest BCUT2D eigenvalue weighted by atomic mass is 32.2. The number of fused-ring (bicyclic) bond motifs is 1. The third-order valence-corrected chi connectivity index (χ3v) is 6.17. The van der Waals surface area contributed by atoms with Crippen LogP contribution < -0.4 is 5.32 Å². The maximum atomic E-state index is 12.3. The minimum absolute atomic E-state index is 0.0438. The molecule has 22 heavy (non-hydrogen) atoms. The average molecular weight is 324 g/mol. The predicted octanol–water partition coefficient (Wildman–Crippen LogP) is -0.918. The molecule has 1 atom stereocenters. The summed E-state index contributed by atoms with van der Waals surface area (Å²) in [6.07, 6.45) is 0. The van der Waals surface area contributed by atoms with Crippen LogP contribution in [0.3, 0.4) is 0 Å². The smallest absolute Gasteiger partial charge is 0.341 e. The molecule has 2 aliphatic heterocycles. The highest BCUT2D eigenvalue weighted by Gasteiger charge is 2.57. The molecule has 2 heterocycles. The van der Waals surface area contributed by atoms with Gasteiger partial charge in [-0.15, -0.1) is 0 Å². The standard InChI is InChI=1S/C13H12N2O6S/c16-10-8-3-1-2-4-9(8)11(17)15(10)7-13(12(18)19)14-5-6-22(13,20)21/h1-4,14H,5-7H2,(H,18,19)/t13-/m1/s1. The molecule has 0 aromatic heterocycles. The number of carbonyl (C=O) groups is 3. The number of carboxylic acid groups (broad SMARTS) is 1. The summed E-state index contributed by atoms with van der Waals surface area (Å²) < 4.78 is 24.2. The van der Waals surface area contributed by atoms with Crippen molar-refractivity contribution in [1.29, 1.82) is 0 Å². The number of benzene rings is 1. The van der Waals surface area contributed by atoms with Gasteiger partial charge in [0, 0.05) is 6.54 Å². The Morgan fingerprint density at radius 2 is 1.77 bits per heavy atom. The normalized spacial score (nSPS) is 26.3. The van der Waals surface area contributed by atoms with Gasteiger partial charge in [0.15, 0.2) is 9.84 Å². The zero-order valence-electron chi connectivity index (χ0n) is 11.3. The summed E-state index contributed by atoms with van der Waals surface area (Å²) in [6.45, 7) is -0.797. The molecule has 0 bridgehead atoms. The first kappa shape index (κ1) is 14.7. The number of imide groups is 1. The Bertz CT molecular complexity index is 768. The molecule has 0 unspecified atom stereocenters. The van der Waals surface area contributed by atoms with E-state index in [4.69, 9.17) is 0 Å². The van der Waals surface area contributed by atoms with Gasteiger partial charge in [0.25, 0.3) is 11.8 Å². The van der Waals surface area contributed by atoms with Crippen molar-refractivity contribution < 1.29 is 27.9 Å². The minimum atomic E-state index is -4.03. The number of amides is 2. The van der Waals surface area contributed by atoms with Gasteiger partial charge in [0.05, 0.1) is 23.4 Å². The third kappa shape index (κ3) is 1.79. The molecule has 2 N–H and O–H groups in total. The Balaban J connectivity index is 2.02. The molecule has 1 saturated heterocycles. The van der Waals surface area contributed by atoms with Gasteiger partial charge in [-0.1, -0.05) is 12.1 Å². The van der Waals surface area contributed by atoms with Gasteiger partial charge >= 0.3 is 5.97 Å². The Labute approximate surface area is 125 Å². The number of sulfone groups is 1. The fourth-order valence-electron chi connectivity index (χ4n) is 2.71. The van der Waals surface area contributed by atoms with Crippen molar-refractivity contribution in [3.8, 4) is 0 Å². The van der Waals surface area contributed by atoms with Crippen LogP contribution in [0.5, 0.6) is 0 Å². The SMILES string of the molecule is O=C1c2ccccc2C(=O)N1C[C@@]1(C(=O)O)NCCS1(=O)=O. The molecule has 2 amide bonds. The molecule has 1 aromatic rings. The van der Waals surface area contributed by atoms with Crippen LogP contribution in [0.4, 0.5) is 0 Å². The van der Waals surface area contributed by atoms with E-state index in [2.05, 4.69) is 5.32 Å². The summed E-state index contributed by atoms with van der Waals surface area (Å²) in [5.41, 5.74) is 0.284. The Hall–Kier alpha value is -2.26. The van der Waals surface area contributed by atoms with E-state index < -0.39 is 39.0 Å². The molecule has 116 valence electrons. The minimum Gasteiger partial charge on any atom is -0.479 e. The van der Waals surface area contributed by atoms with Crippen LogP contribution in [0.15, 0.2) is 24.3 Å². The Kier molecular flexibility index (Phi) is 3.08. The van der Waals surface area contributed by atoms with E-state index in [0.717, 1.165) is 0 Å². The Morgan fingerprint density at radius 3 is 2.18 bits per heavy atom. The first-order valence-corrected chi connectivity index (χ1v) is 8.11. The van der Waals surface area contributed by atoms with Crippen LogP contribution in [0, 0.1) is 0 Å². The van der Waals surface area contributed by atoms with Crippen LogP contribution in [0.2, 0.25) is 0 Å². The van der Waals surface area contributed by atoms with Crippen molar-refractivity contribution in [1.82, 2.24) is 10.2 Å². The first-order chi connectivity index (χ1) is 10.3. The lowest BCUT2D eigenvalue weighted by Gasteiger charge is -2.27. The molecule has 1 aromatic carbocycles. The second kappa shape index (κ2) is 4.62. The average Bonchev–Trinajstić information content (AvgIpc) is 2.90. The summed E-state index contributed by atoms with van der Waals surface area (Å²) in [4.78, 5) is 34.4. The maximum absolute atomic E-state index is 12.3. The number of aliphatic carboxylic acids is 1. The first-order valence-electron chi connectivity index (χ1n) is 6.46. The van der Waals surface area contributed by atoms with E-state index in [9.17, 15) is 27.9 Å². The quantitative estimate of drug-likeness (QED) is 0.690. The lowest BCUT2D eigenvalue weighted by molar-refractivity contribution is -0.141. The second-order valence-electron chi connectivity index (χ2n) is 5.12. The van der Waals surface area contributed by atoms with Crippen LogP contribution in [0.25, 0.3) is 0 Å². The summed E-state index contributed by atoms with van der Waals surface area (Å²) in [5, 5.41) is 11.8. The van der Waals surface area contributed by atoms with Crippen LogP contribution >= 0.6 is 0 Å². The van der Waals surface area contributed by atoms with Gasteiger partial charge in [0.2, 0.25) is 4.87 Å². The van der Waals surface area contributed by atoms with Gasteiger partial charge in [-0.25, -0.2) is 13.2 Å². The van der Waals surface area contributed by atoms with E-state index in [1.165, 1.54) is 12.1 Å². The number of hydrogen-bond acceptors (Lipinski definition) is 6. The zero-order valence-corrected chi connectivity index (χ0v) is 12.1. The van der Waals surface area contributed by atoms with Gasteiger partial charge < -0.3 is 5.11 Å². The summed E-state index contributed by atoms with van der Waals surface area (Å²) in [7, 11) is -4.03. The highest BCUT2D eigenvalue weighted by Crippen LogP contribution is 2.28. The van der Waals surface area contributed by atoms with Crippen LogP contribution in [0.1, 0.15) is 20.7 Å². The molecule has 0 spiro atoms. The Morgan fingerprint density at radius 1 is 1.23 bits per heavy atom. The molecule has 0 radical (unpaired) electrons. The number of carboxylic acids is 1. The van der Waals surface area contributed by atoms with Crippen molar-refractivity contribution in [2.75, 3.05) is 18.8 Å². The van der Waals surface area contributed by atoms with E-state index in [-0.39, 0.29) is 23.4 Å². The molecule has 3 rings (SSSR count). The van der Waals surface area contributed by atoms with Crippen molar-refractivity contribution in [2.24, 2.45) is 0 Å². The summed E-state index contributed by atoms with van der Waals surface area (Å²) in [6, 6.07) is 6.04. The monoisotopic (exact) mass is 324 g/mol. The molecule has 1 fully saturated rings. The predicted molar refractivity (Wildman–Crippen MR) is 74.0 cm³/mol. The van der Waals surface area contributed by atoms with Gasteiger partial charge in [-0.3, -0.25) is 19.8 Å². The lowest BCUT2D eigenvalue weighted by Crippen LogP contribution is -2.60. The van der Waals surface area contributed by atoms with Crippen molar-refractivity contribution in [2.45, 2.75) is 4.87 Å². The van der Waals surface area contributed by atoms with Crippen LogP contribution in [-0.2, 0) is 14.6 Å². The number of nitrogens with zero attached hydrogens (tertiary/aromatic N) is 1. The molecule has 2 aliphatic rings. The molecule has 0 aliphatic carbocycles. The zero-order chi connectivity index (χ0) is 16.1. The lowest BCUT2D eigenvalue weighted by atomic mass is 10.1. The van der Waals surface area contributed by atoms with E-state index in [1.54, 1.807) is 12.1 Å². The molecule has 9 heteroatoms. The fourth-order valence-corrected chi connectivity index (χ4v) is 4.34. The van der Waals surface area contributed by atoms with E-state index in [1.807, 2.05) is 0 Å².